The largest absolute Gasteiger partial charge is 0.336 e. The number of nitrogens with zero attached hydrogens (tertiary/aromatic N) is 3. The molecule has 28 heavy (non-hydrogen) atoms. The van der Waals surface area contributed by atoms with Crippen LogP contribution in [-0.2, 0) is 16.6 Å². The topological polar surface area (TPSA) is 82.6 Å². The summed E-state index contributed by atoms with van der Waals surface area (Å²) in [5.41, 5.74) is 1.44. The van der Waals surface area contributed by atoms with E-state index in [0.717, 1.165) is 30.3 Å². The number of hydrogen-bond acceptors (Lipinski definition) is 6. The standard InChI is InChI=1S/C19H24N4O3S2/c1-3-7-20-28(25,26)18-6-4-5-16(12-18)19(24)23-10-8-22(9-11-23)13-17-14-27-15(2)21-17/h3-6,12,14,20H,1,7-11,13H2,2H3. The van der Waals surface area contributed by atoms with E-state index in [2.05, 4.69) is 26.6 Å². The highest BCUT2D eigenvalue weighted by Gasteiger charge is 2.24. The van der Waals surface area contributed by atoms with E-state index >= 15 is 0 Å². The number of nitrogens with one attached hydrogen (secondary N) is 1. The van der Waals surface area contributed by atoms with Crippen molar-refractivity contribution in [1.82, 2.24) is 19.5 Å². The molecule has 1 aliphatic heterocycles. The van der Waals surface area contributed by atoms with E-state index < -0.39 is 10.0 Å². The van der Waals surface area contributed by atoms with Crippen LogP contribution < -0.4 is 4.72 Å². The third-order valence-electron chi connectivity index (χ3n) is 4.52. The lowest BCUT2D eigenvalue weighted by Gasteiger charge is -2.34. The van der Waals surface area contributed by atoms with E-state index in [1.54, 1.807) is 28.4 Å². The van der Waals surface area contributed by atoms with E-state index in [0.29, 0.717) is 18.7 Å². The highest BCUT2D eigenvalue weighted by atomic mass is 32.2. The molecule has 0 saturated carbocycles. The molecule has 2 heterocycles. The minimum Gasteiger partial charge on any atom is -0.336 e. The number of hydrogen-bond donors (Lipinski definition) is 1. The molecular formula is C19H24N4O3S2. The number of carbonyl (C=O) groups excluding carboxylic acids is 1. The van der Waals surface area contributed by atoms with Crippen molar-refractivity contribution in [2.45, 2.75) is 18.4 Å². The average Bonchev–Trinajstić information content (AvgIpc) is 3.11. The summed E-state index contributed by atoms with van der Waals surface area (Å²) in [7, 11) is -3.66. The Morgan fingerprint density at radius 3 is 2.71 bits per heavy atom. The lowest BCUT2D eigenvalue weighted by Crippen LogP contribution is -2.48. The molecule has 1 aromatic heterocycles. The maximum absolute atomic E-state index is 12.8. The summed E-state index contributed by atoms with van der Waals surface area (Å²) < 4.78 is 26.9. The van der Waals surface area contributed by atoms with Gasteiger partial charge in [-0.25, -0.2) is 18.1 Å². The molecule has 3 rings (SSSR count). The Bertz CT molecular complexity index is 948. The van der Waals surface area contributed by atoms with Crippen LogP contribution in [0, 0.1) is 6.92 Å². The number of thiazole rings is 1. The molecule has 0 aliphatic carbocycles. The summed E-state index contributed by atoms with van der Waals surface area (Å²) in [6.45, 7) is 9.16. The molecule has 0 atom stereocenters. The van der Waals surface area contributed by atoms with E-state index in [4.69, 9.17) is 0 Å². The first-order chi connectivity index (χ1) is 13.4. The smallest absolute Gasteiger partial charge is 0.253 e. The monoisotopic (exact) mass is 420 g/mol. The lowest BCUT2D eigenvalue weighted by molar-refractivity contribution is 0.0627. The Balaban J connectivity index is 1.62. The van der Waals surface area contributed by atoms with Crippen molar-refractivity contribution in [2.24, 2.45) is 0 Å². The van der Waals surface area contributed by atoms with Gasteiger partial charge in [-0.1, -0.05) is 12.1 Å². The van der Waals surface area contributed by atoms with Crippen molar-refractivity contribution in [3.8, 4) is 0 Å². The molecule has 1 saturated heterocycles. The summed E-state index contributed by atoms with van der Waals surface area (Å²) in [4.78, 5) is 21.4. The third-order valence-corrected chi connectivity index (χ3v) is 6.76. The van der Waals surface area contributed by atoms with E-state index in [9.17, 15) is 13.2 Å². The van der Waals surface area contributed by atoms with Crippen molar-refractivity contribution >= 4 is 27.3 Å². The Morgan fingerprint density at radius 1 is 1.32 bits per heavy atom. The van der Waals surface area contributed by atoms with E-state index in [-0.39, 0.29) is 17.3 Å². The average molecular weight is 421 g/mol. The zero-order valence-corrected chi connectivity index (χ0v) is 17.4. The van der Waals surface area contributed by atoms with Crippen LogP contribution in [-0.4, -0.2) is 61.8 Å². The van der Waals surface area contributed by atoms with Crippen LogP contribution in [0.25, 0.3) is 0 Å². The van der Waals surface area contributed by atoms with Crippen molar-refractivity contribution in [3.05, 3.63) is 58.6 Å². The molecule has 1 aromatic carbocycles. The molecular weight excluding hydrogens is 396 g/mol. The minimum absolute atomic E-state index is 0.0812. The van der Waals surface area contributed by atoms with Crippen LogP contribution in [0.5, 0.6) is 0 Å². The number of amides is 1. The van der Waals surface area contributed by atoms with Crippen molar-refractivity contribution < 1.29 is 13.2 Å². The SMILES string of the molecule is C=CCNS(=O)(=O)c1cccc(C(=O)N2CCN(Cc3csc(C)n3)CC2)c1. The van der Waals surface area contributed by atoms with Crippen molar-refractivity contribution in [1.29, 1.82) is 0 Å². The maximum Gasteiger partial charge on any atom is 0.253 e. The van der Waals surface area contributed by atoms with Gasteiger partial charge in [-0.3, -0.25) is 9.69 Å². The van der Waals surface area contributed by atoms with Crippen LogP contribution in [0.1, 0.15) is 21.1 Å². The highest BCUT2D eigenvalue weighted by molar-refractivity contribution is 7.89. The molecule has 2 aromatic rings. The van der Waals surface area contributed by atoms with Gasteiger partial charge >= 0.3 is 0 Å². The maximum atomic E-state index is 12.8. The number of benzene rings is 1. The summed E-state index contributed by atoms with van der Waals surface area (Å²) in [6, 6.07) is 6.16. The number of carbonyl (C=O) groups is 1. The zero-order chi connectivity index (χ0) is 20.1. The van der Waals surface area contributed by atoms with Gasteiger partial charge in [0.05, 0.1) is 15.6 Å². The van der Waals surface area contributed by atoms with Gasteiger partial charge in [0.25, 0.3) is 5.91 Å². The Morgan fingerprint density at radius 2 is 2.07 bits per heavy atom. The molecule has 1 aliphatic rings. The number of aromatic nitrogens is 1. The lowest BCUT2D eigenvalue weighted by atomic mass is 10.2. The second-order valence-corrected chi connectivity index (χ2v) is 9.42. The predicted octanol–water partition coefficient (Wildman–Crippen LogP) is 1.87. The van der Waals surface area contributed by atoms with Crippen molar-refractivity contribution in [3.63, 3.8) is 0 Å². The summed E-state index contributed by atoms with van der Waals surface area (Å²) in [6.07, 6.45) is 1.47. The van der Waals surface area contributed by atoms with Gasteiger partial charge in [-0.15, -0.1) is 17.9 Å². The first kappa shape index (κ1) is 20.7. The quantitative estimate of drug-likeness (QED) is 0.692. The van der Waals surface area contributed by atoms with Crippen LogP contribution in [0.2, 0.25) is 0 Å². The van der Waals surface area contributed by atoms with Crippen molar-refractivity contribution in [2.75, 3.05) is 32.7 Å². The van der Waals surface area contributed by atoms with Gasteiger partial charge in [0.15, 0.2) is 0 Å². The molecule has 0 spiro atoms. The first-order valence-electron chi connectivity index (χ1n) is 9.02. The molecule has 1 N–H and O–H groups in total. The second-order valence-electron chi connectivity index (χ2n) is 6.59. The van der Waals surface area contributed by atoms with Gasteiger partial charge in [-0.05, 0) is 25.1 Å². The molecule has 0 radical (unpaired) electrons. The molecule has 1 fully saturated rings. The fraction of sp³-hybridized carbons (Fsp3) is 0.368. The van der Waals surface area contributed by atoms with E-state index in [1.807, 2.05) is 6.92 Å². The van der Waals surface area contributed by atoms with Gasteiger partial charge < -0.3 is 4.90 Å². The molecule has 1 amide bonds. The molecule has 0 unspecified atom stereocenters. The summed E-state index contributed by atoms with van der Waals surface area (Å²) >= 11 is 1.64. The Hall–Kier alpha value is -2.07. The van der Waals surface area contributed by atoms with Crippen LogP contribution in [0.4, 0.5) is 0 Å². The van der Waals surface area contributed by atoms with Gasteiger partial charge in [-0.2, -0.15) is 0 Å². The van der Waals surface area contributed by atoms with Gasteiger partial charge in [0, 0.05) is 50.2 Å². The minimum atomic E-state index is -3.66. The van der Waals surface area contributed by atoms with Gasteiger partial charge in [0.2, 0.25) is 10.0 Å². The molecule has 9 heteroatoms. The fourth-order valence-corrected chi connectivity index (χ4v) is 4.70. The predicted molar refractivity (Wildman–Crippen MR) is 110 cm³/mol. The summed E-state index contributed by atoms with van der Waals surface area (Å²) in [5.74, 6) is -0.148. The number of rotatable bonds is 7. The molecule has 150 valence electrons. The zero-order valence-electron chi connectivity index (χ0n) is 15.8. The van der Waals surface area contributed by atoms with Crippen LogP contribution in [0.15, 0.2) is 47.2 Å². The Labute approximate surface area is 169 Å². The molecule has 7 nitrogen and oxygen atoms in total. The van der Waals surface area contributed by atoms with E-state index in [1.165, 1.54) is 18.2 Å². The number of piperazine rings is 1. The van der Waals surface area contributed by atoms with Crippen LogP contribution in [0.3, 0.4) is 0 Å². The molecule has 0 bridgehead atoms. The second kappa shape index (κ2) is 8.95. The number of sulfonamides is 1. The number of aryl methyl sites for hydroxylation is 1. The fourth-order valence-electron chi connectivity index (χ4n) is 3.05. The normalized spacial score (nSPS) is 15.5. The Kier molecular flexibility index (Phi) is 6.61. The summed E-state index contributed by atoms with van der Waals surface area (Å²) in [5, 5.41) is 3.13. The highest BCUT2D eigenvalue weighted by Crippen LogP contribution is 2.16. The van der Waals surface area contributed by atoms with Crippen LogP contribution >= 0.6 is 11.3 Å². The third kappa shape index (κ3) is 5.05. The van der Waals surface area contributed by atoms with Gasteiger partial charge in [0.1, 0.15) is 0 Å². The first-order valence-corrected chi connectivity index (χ1v) is 11.4.